The van der Waals surface area contributed by atoms with Gasteiger partial charge in [0, 0.05) is 37.2 Å². The quantitative estimate of drug-likeness (QED) is 0.773. The number of rotatable bonds is 5. The second-order valence-electron chi connectivity index (χ2n) is 6.49. The largest absolute Gasteiger partial charge is 0.377 e. The number of ether oxygens (including phenoxy) is 1. The number of hydrogen-bond acceptors (Lipinski definition) is 4. The smallest absolute Gasteiger partial charge is 0.222 e. The summed E-state index contributed by atoms with van der Waals surface area (Å²) < 4.78 is 5.58. The van der Waals surface area contributed by atoms with Crippen LogP contribution in [0.3, 0.4) is 0 Å². The van der Waals surface area contributed by atoms with Gasteiger partial charge in [-0.15, -0.1) is 0 Å². The van der Waals surface area contributed by atoms with Gasteiger partial charge in [-0.1, -0.05) is 0 Å². The molecule has 5 heteroatoms. The van der Waals surface area contributed by atoms with Crippen LogP contribution < -0.4 is 11.1 Å². The molecule has 0 bridgehead atoms. The second kappa shape index (κ2) is 6.68. The van der Waals surface area contributed by atoms with E-state index in [1.54, 1.807) is 0 Å². The number of hydrogen-bond donors (Lipinski definition) is 2. The summed E-state index contributed by atoms with van der Waals surface area (Å²) in [5, 5.41) is 2.99. The molecule has 1 amide bonds. The van der Waals surface area contributed by atoms with Gasteiger partial charge < -0.3 is 15.8 Å². The number of carbonyl (C=O) groups is 1. The van der Waals surface area contributed by atoms with E-state index in [1.165, 1.54) is 0 Å². The number of likely N-dealkylation sites (N-methyl/N-ethyl adjacent to an activating group) is 1. The van der Waals surface area contributed by atoms with E-state index >= 15 is 0 Å². The Morgan fingerprint density at radius 3 is 2.58 bits per heavy atom. The highest BCUT2D eigenvalue weighted by atomic mass is 16.5. The Morgan fingerprint density at radius 1 is 1.53 bits per heavy atom. The molecular weight excluding hydrogens is 242 g/mol. The Labute approximate surface area is 116 Å². The lowest BCUT2D eigenvalue weighted by Crippen LogP contribution is -2.50. The highest BCUT2D eigenvalue weighted by molar-refractivity contribution is 5.77. The van der Waals surface area contributed by atoms with Crippen LogP contribution in [0, 0.1) is 0 Å². The molecule has 0 aromatic rings. The van der Waals surface area contributed by atoms with Crippen molar-refractivity contribution in [1.82, 2.24) is 10.2 Å². The minimum Gasteiger partial charge on any atom is -0.377 e. The van der Waals surface area contributed by atoms with Crippen LogP contribution in [-0.2, 0) is 9.53 Å². The Kier molecular flexibility index (Phi) is 5.77. The molecule has 1 aliphatic rings. The minimum atomic E-state index is -0.196. The summed E-state index contributed by atoms with van der Waals surface area (Å²) >= 11 is 0. The molecule has 1 fully saturated rings. The van der Waals surface area contributed by atoms with Crippen LogP contribution in [0.15, 0.2) is 0 Å². The Balaban J connectivity index is 2.55. The van der Waals surface area contributed by atoms with Gasteiger partial charge in [-0.3, -0.25) is 9.69 Å². The van der Waals surface area contributed by atoms with Gasteiger partial charge in [0.2, 0.25) is 5.91 Å². The molecule has 112 valence electrons. The molecule has 3 unspecified atom stereocenters. The minimum absolute atomic E-state index is 0.0568. The van der Waals surface area contributed by atoms with E-state index in [-0.39, 0.29) is 23.6 Å². The monoisotopic (exact) mass is 271 g/mol. The molecule has 1 saturated heterocycles. The van der Waals surface area contributed by atoms with Crippen molar-refractivity contribution in [2.45, 2.75) is 64.3 Å². The number of nitrogens with zero attached hydrogens (tertiary/aromatic N) is 1. The van der Waals surface area contributed by atoms with Crippen molar-refractivity contribution in [3.05, 3.63) is 0 Å². The normalized spacial score (nSPS) is 25.6. The lowest BCUT2D eigenvalue weighted by molar-refractivity contribution is -0.123. The molecular formula is C14H29N3O2. The van der Waals surface area contributed by atoms with E-state index in [9.17, 15) is 4.79 Å². The third-order valence-corrected chi connectivity index (χ3v) is 3.64. The average molecular weight is 271 g/mol. The van der Waals surface area contributed by atoms with Gasteiger partial charge in [0.1, 0.15) is 0 Å². The molecule has 0 radical (unpaired) electrons. The first-order valence-electron chi connectivity index (χ1n) is 7.09. The third-order valence-electron chi connectivity index (χ3n) is 3.64. The lowest BCUT2D eigenvalue weighted by atomic mass is 10.0. The molecule has 0 aliphatic carbocycles. The molecule has 3 N–H and O–H groups in total. The van der Waals surface area contributed by atoms with E-state index in [1.807, 2.05) is 27.8 Å². The van der Waals surface area contributed by atoms with Crippen LogP contribution in [0.5, 0.6) is 0 Å². The summed E-state index contributed by atoms with van der Waals surface area (Å²) in [4.78, 5) is 14.2. The highest BCUT2D eigenvalue weighted by Gasteiger charge is 2.32. The predicted octanol–water partition coefficient (Wildman–Crippen LogP) is 0.728. The molecule has 0 aromatic heterocycles. The van der Waals surface area contributed by atoms with Gasteiger partial charge in [-0.05, 0) is 41.2 Å². The van der Waals surface area contributed by atoms with Crippen LogP contribution in [0.4, 0.5) is 0 Å². The summed E-state index contributed by atoms with van der Waals surface area (Å²) in [6, 6.07) is 0.424. The lowest BCUT2D eigenvalue weighted by Gasteiger charge is -2.34. The van der Waals surface area contributed by atoms with Crippen LogP contribution in [0.1, 0.15) is 40.5 Å². The molecule has 0 aromatic carbocycles. The maximum atomic E-state index is 12.0. The topological polar surface area (TPSA) is 67.6 Å². The van der Waals surface area contributed by atoms with Gasteiger partial charge in [0.15, 0.2) is 0 Å². The first-order valence-corrected chi connectivity index (χ1v) is 7.09. The zero-order chi connectivity index (χ0) is 14.6. The zero-order valence-corrected chi connectivity index (χ0v) is 12.9. The Morgan fingerprint density at radius 2 is 2.16 bits per heavy atom. The van der Waals surface area contributed by atoms with Crippen LogP contribution in [0.25, 0.3) is 0 Å². The number of carbonyl (C=O) groups excluding carboxylic acids is 1. The average Bonchev–Trinajstić information content (AvgIpc) is 2.69. The van der Waals surface area contributed by atoms with Crippen molar-refractivity contribution in [2.24, 2.45) is 5.73 Å². The van der Waals surface area contributed by atoms with Crippen LogP contribution >= 0.6 is 0 Å². The van der Waals surface area contributed by atoms with E-state index in [0.717, 1.165) is 13.0 Å². The van der Waals surface area contributed by atoms with Crippen molar-refractivity contribution < 1.29 is 9.53 Å². The third kappa shape index (κ3) is 5.09. The van der Waals surface area contributed by atoms with E-state index < -0.39 is 0 Å². The standard InChI is InChI=1S/C14H29N3O2/c1-10-12(6-7-19-10)17(5)11(9-15)8-13(18)16-14(2,3)4/h10-12H,6-9,15H2,1-5H3,(H,16,18). The van der Waals surface area contributed by atoms with E-state index in [0.29, 0.717) is 19.0 Å². The Bertz CT molecular complexity index is 302. The van der Waals surface area contributed by atoms with Gasteiger partial charge in [-0.25, -0.2) is 0 Å². The van der Waals surface area contributed by atoms with Crippen molar-refractivity contribution in [3.8, 4) is 0 Å². The van der Waals surface area contributed by atoms with Crippen molar-refractivity contribution in [1.29, 1.82) is 0 Å². The molecule has 0 spiro atoms. The summed E-state index contributed by atoms with van der Waals surface area (Å²) in [6.07, 6.45) is 1.66. The van der Waals surface area contributed by atoms with Gasteiger partial charge in [-0.2, -0.15) is 0 Å². The summed E-state index contributed by atoms with van der Waals surface area (Å²) in [6.45, 7) is 9.31. The van der Waals surface area contributed by atoms with Gasteiger partial charge >= 0.3 is 0 Å². The fourth-order valence-corrected chi connectivity index (χ4v) is 2.60. The van der Waals surface area contributed by atoms with Crippen molar-refractivity contribution in [3.63, 3.8) is 0 Å². The second-order valence-corrected chi connectivity index (χ2v) is 6.49. The number of amides is 1. The van der Waals surface area contributed by atoms with Crippen LogP contribution in [-0.4, -0.2) is 54.7 Å². The molecule has 5 nitrogen and oxygen atoms in total. The fraction of sp³-hybridized carbons (Fsp3) is 0.929. The van der Waals surface area contributed by atoms with E-state index in [2.05, 4.69) is 17.1 Å². The first kappa shape index (κ1) is 16.4. The molecule has 3 atom stereocenters. The molecule has 1 aliphatic heterocycles. The van der Waals surface area contributed by atoms with Crippen molar-refractivity contribution >= 4 is 5.91 Å². The van der Waals surface area contributed by atoms with E-state index in [4.69, 9.17) is 10.5 Å². The first-order chi connectivity index (χ1) is 8.74. The van der Waals surface area contributed by atoms with Gasteiger partial charge in [0.25, 0.3) is 0 Å². The number of nitrogens with one attached hydrogen (secondary N) is 1. The van der Waals surface area contributed by atoms with Gasteiger partial charge in [0.05, 0.1) is 6.10 Å². The fourth-order valence-electron chi connectivity index (χ4n) is 2.60. The maximum Gasteiger partial charge on any atom is 0.222 e. The molecule has 19 heavy (non-hydrogen) atoms. The summed E-state index contributed by atoms with van der Waals surface area (Å²) in [5.41, 5.74) is 5.64. The SMILES string of the molecule is CC1OCCC1N(C)C(CN)CC(=O)NC(C)(C)C. The summed E-state index contributed by atoms with van der Waals surface area (Å²) in [5.74, 6) is 0.0568. The molecule has 0 saturated carbocycles. The number of nitrogens with two attached hydrogens (primary N) is 1. The summed E-state index contributed by atoms with van der Waals surface area (Å²) in [7, 11) is 2.04. The molecule has 1 rings (SSSR count). The zero-order valence-electron chi connectivity index (χ0n) is 12.9. The Hall–Kier alpha value is -0.650. The molecule has 1 heterocycles. The predicted molar refractivity (Wildman–Crippen MR) is 76.9 cm³/mol. The van der Waals surface area contributed by atoms with Crippen LogP contribution in [0.2, 0.25) is 0 Å². The van der Waals surface area contributed by atoms with Crippen molar-refractivity contribution in [2.75, 3.05) is 20.2 Å². The highest BCUT2D eigenvalue weighted by Crippen LogP contribution is 2.21. The maximum absolute atomic E-state index is 12.0.